The molecule has 20 heavy (non-hydrogen) atoms. The quantitative estimate of drug-likeness (QED) is 0.898. The lowest BCUT2D eigenvalue weighted by Crippen LogP contribution is -2.53. The first-order valence-corrected chi connectivity index (χ1v) is 7.61. The maximum atomic E-state index is 11.4. The van der Waals surface area contributed by atoms with Crippen LogP contribution in [-0.4, -0.2) is 47.7 Å². The van der Waals surface area contributed by atoms with Gasteiger partial charge in [-0.25, -0.2) is 4.79 Å². The standard InChI is InChI=1S/C15H21BrN2O2/c1-15(2,3)18-8-6-17(7-9-18)13-5-4-11(16)10-12(13)14(19)20/h4-5,10H,6-9H2,1-3H3,(H,19,20). The summed E-state index contributed by atoms with van der Waals surface area (Å²) in [6.45, 7) is 10.3. The lowest BCUT2D eigenvalue weighted by atomic mass is 10.0. The highest BCUT2D eigenvalue weighted by Gasteiger charge is 2.27. The predicted octanol–water partition coefficient (Wildman–Crippen LogP) is 3.07. The SMILES string of the molecule is CC(C)(C)N1CCN(c2ccc(Br)cc2C(=O)O)CC1. The van der Waals surface area contributed by atoms with E-state index < -0.39 is 5.97 Å². The Bertz CT molecular complexity index is 503. The topological polar surface area (TPSA) is 43.8 Å². The van der Waals surface area contributed by atoms with Gasteiger partial charge in [0.25, 0.3) is 0 Å². The zero-order chi connectivity index (χ0) is 14.9. The molecule has 110 valence electrons. The van der Waals surface area contributed by atoms with Crippen LogP contribution in [0.15, 0.2) is 22.7 Å². The fraction of sp³-hybridized carbons (Fsp3) is 0.533. The number of anilines is 1. The fourth-order valence-electron chi connectivity index (χ4n) is 2.57. The van der Waals surface area contributed by atoms with E-state index in [1.54, 1.807) is 6.07 Å². The van der Waals surface area contributed by atoms with Crippen molar-refractivity contribution in [2.45, 2.75) is 26.3 Å². The molecule has 1 heterocycles. The van der Waals surface area contributed by atoms with Crippen LogP contribution in [0, 0.1) is 0 Å². The van der Waals surface area contributed by atoms with Crippen LogP contribution < -0.4 is 4.90 Å². The van der Waals surface area contributed by atoms with Crippen molar-refractivity contribution in [1.82, 2.24) is 4.90 Å². The molecule has 1 aromatic carbocycles. The number of nitrogens with zero attached hydrogens (tertiary/aromatic N) is 2. The first kappa shape index (κ1) is 15.3. The van der Waals surface area contributed by atoms with Crippen LogP contribution in [0.3, 0.4) is 0 Å². The van der Waals surface area contributed by atoms with Gasteiger partial charge in [0.1, 0.15) is 0 Å². The molecule has 1 aromatic rings. The second kappa shape index (κ2) is 5.74. The number of hydrogen-bond donors (Lipinski definition) is 1. The smallest absolute Gasteiger partial charge is 0.337 e. The molecule has 0 aromatic heterocycles. The third kappa shape index (κ3) is 3.33. The molecule has 0 bridgehead atoms. The molecule has 4 nitrogen and oxygen atoms in total. The number of aromatic carboxylic acids is 1. The average molecular weight is 341 g/mol. The highest BCUT2D eigenvalue weighted by Crippen LogP contribution is 2.27. The molecular formula is C15H21BrN2O2. The summed E-state index contributed by atoms with van der Waals surface area (Å²) >= 11 is 3.33. The Morgan fingerprint density at radius 3 is 2.30 bits per heavy atom. The Morgan fingerprint density at radius 2 is 1.80 bits per heavy atom. The minimum absolute atomic E-state index is 0.168. The van der Waals surface area contributed by atoms with Gasteiger partial charge in [-0.15, -0.1) is 0 Å². The summed E-state index contributed by atoms with van der Waals surface area (Å²) in [6, 6.07) is 5.46. The number of halogens is 1. The normalized spacial score (nSPS) is 17.3. The molecule has 1 N–H and O–H groups in total. The summed E-state index contributed by atoms with van der Waals surface area (Å²) in [5.74, 6) is -0.875. The van der Waals surface area contributed by atoms with Crippen LogP contribution >= 0.6 is 15.9 Å². The van der Waals surface area contributed by atoms with E-state index in [2.05, 4.69) is 46.5 Å². The Balaban J connectivity index is 2.17. The zero-order valence-electron chi connectivity index (χ0n) is 12.2. The van der Waals surface area contributed by atoms with Crippen LogP contribution in [0.2, 0.25) is 0 Å². The zero-order valence-corrected chi connectivity index (χ0v) is 13.8. The molecule has 1 fully saturated rings. The summed E-state index contributed by atoms with van der Waals surface area (Å²) < 4.78 is 0.798. The third-order valence-electron chi connectivity index (χ3n) is 3.76. The number of rotatable bonds is 2. The van der Waals surface area contributed by atoms with E-state index in [1.807, 2.05) is 12.1 Å². The number of carboxylic acid groups (broad SMARTS) is 1. The van der Waals surface area contributed by atoms with Crippen molar-refractivity contribution in [3.63, 3.8) is 0 Å². The van der Waals surface area contributed by atoms with Crippen LogP contribution in [0.25, 0.3) is 0 Å². The molecule has 0 atom stereocenters. The summed E-state index contributed by atoms with van der Waals surface area (Å²) in [5, 5.41) is 9.34. The molecular weight excluding hydrogens is 320 g/mol. The maximum Gasteiger partial charge on any atom is 0.337 e. The molecule has 2 rings (SSSR count). The molecule has 1 aliphatic rings. The van der Waals surface area contributed by atoms with E-state index in [0.29, 0.717) is 5.56 Å². The largest absolute Gasteiger partial charge is 0.478 e. The minimum atomic E-state index is -0.875. The van der Waals surface area contributed by atoms with Crippen LogP contribution in [0.5, 0.6) is 0 Å². The van der Waals surface area contributed by atoms with Gasteiger partial charge in [-0.2, -0.15) is 0 Å². The highest BCUT2D eigenvalue weighted by atomic mass is 79.9. The number of piperazine rings is 1. The molecule has 0 amide bonds. The van der Waals surface area contributed by atoms with Crippen LogP contribution in [0.1, 0.15) is 31.1 Å². The summed E-state index contributed by atoms with van der Waals surface area (Å²) in [7, 11) is 0. The Labute approximate surface area is 128 Å². The molecule has 0 unspecified atom stereocenters. The second-order valence-corrected chi connectivity index (χ2v) is 7.03. The molecule has 0 saturated carbocycles. The van der Waals surface area contributed by atoms with E-state index in [4.69, 9.17) is 0 Å². The van der Waals surface area contributed by atoms with Crippen molar-refractivity contribution in [2.24, 2.45) is 0 Å². The highest BCUT2D eigenvalue weighted by molar-refractivity contribution is 9.10. The van der Waals surface area contributed by atoms with Crippen molar-refractivity contribution in [3.8, 4) is 0 Å². The van der Waals surface area contributed by atoms with Crippen molar-refractivity contribution in [2.75, 3.05) is 31.1 Å². The van der Waals surface area contributed by atoms with Crippen LogP contribution in [-0.2, 0) is 0 Å². The van der Waals surface area contributed by atoms with Crippen LogP contribution in [0.4, 0.5) is 5.69 Å². The predicted molar refractivity (Wildman–Crippen MR) is 84.6 cm³/mol. The van der Waals surface area contributed by atoms with Gasteiger partial charge in [-0.05, 0) is 39.0 Å². The van der Waals surface area contributed by atoms with Gasteiger partial charge in [0.05, 0.1) is 11.3 Å². The molecule has 1 aliphatic heterocycles. The van der Waals surface area contributed by atoms with Crippen molar-refractivity contribution in [1.29, 1.82) is 0 Å². The van der Waals surface area contributed by atoms with Gasteiger partial charge < -0.3 is 10.0 Å². The molecule has 0 spiro atoms. The summed E-state index contributed by atoms with van der Waals surface area (Å²) in [6.07, 6.45) is 0. The van der Waals surface area contributed by atoms with Gasteiger partial charge in [0.15, 0.2) is 0 Å². The Morgan fingerprint density at radius 1 is 1.20 bits per heavy atom. The molecule has 1 saturated heterocycles. The first-order chi connectivity index (χ1) is 9.29. The second-order valence-electron chi connectivity index (χ2n) is 6.11. The average Bonchev–Trinajstić information content (AvgIpc) is 2.37. The van der Waals surface area contributed by atoms with E-state index in [-0.39, 0.29) is 5.54 Å². The number of benzene rings is 1. The van der Waals surface area contributed by atoms with E-state index in [1.165, 1.54) is 0 Å². The number of carbonyl (C=O) groups is 1. The van der Waals surface area contributed by atoms with Gasteiger partial charge in [-0.1, -0.05) is 15.9 Å². The van der Waals surface area contributed by atoms with Crippen molar-refractivity contribution >= 4 is 27.6 Å². The third-order valence-corrected chi connectivity index (χ3v) is 4.25. The number of carboxylic acids is 1. The van der Waals surface area contributed by atoms with Crippen molar-refractivity contribution < 1.29 is 9.90 Å². The van der Waals surface area contributed by atoms with Gasteiger partial charge >= 0.3 is 5.97 Å². The molecule has 0 aliphatic carbocycles. The first-order valence-electron chi connectivity index (χ1n) is 6.82. The maximum absolute atomic E-state index is 11.4. The lowest BCUT2D eigenvalue weighted by molar-refractivity contribution is 0.0696. The van der Waals surface area contributed by atoms with Gasteiger partial charge in [0.2, 0.25) is 0 Å². The summed E-state index contributed by atoms with van der Waals surface area (Å²) in [4.78, 5) is 16.0. The van der Waals surface area contributed by atoms with E-state index >= 15 is 0 Å². The Kier molecular flexibility index (Phi) is 4.39. The fourth-order valence-corrected chi connectivity index (χ4v) is 2.93. The molecule has 0 radical (unpaired) electrons. The Hall–Kier alpha value is -1.07. The number of hydrogen-bond acceptors (Lipinski definition) is 3. The monoisotopic (exact) mass is 340 g/mol. The molecule has 5 heteroatoms. The minimum Gasteiger partial charge on any atom is -0.478 e. The summed E-state index contributed by atoms with van der Waals surface area (Å²) in [5.41, 5.74) is 1.35. The van der Waals surface area contributed by atoms with Crippen molar-refractivity contribution in [3.05, 3.63) is 28.2 Å². The van der Waals surface area contributed by atoms with E-state index in [0.717, 1.165) is 36.3 Å². The van der Waals surface area contributed by atoms with E-state index in [9.17, 15) is 9.90 Å². The van der Waals surface area contributed by atoms with Gasteiger partial charge in [0, 0.05) is 36.2 Å². The van der Waals surface area contributed by atoms with Gasteiger partial charge in [-0.3, -0.25) is 4.90 Å². The lowest BCUT2D eigenvalue weighted by Gasteiger charge is -2.43.